The highest BCUT2D eigenvalue weighted by molar-refractivity contribution is 7.90. The van der Waals surface area contributed by atoms with Crippen LogP contribution in [0.25, 0.3) is 11.0 Å². The van der Waals surface area contributed by atoms with E-state index in [2.05, 4.69) is 4.98 Å². The number of aromatic nitrogens is 2. The van der Waals surface area contributed by atoms with E-state index in [1.165, 1.54) is 4.57 Å². The molecule has 0 bridgehead atoms. The summed E-state index contributed by atoms with van der Waals surface area (Å²) in [7, 11) is -3.55. The van der Waals surface area contributed by atoms with Crippen LogP contribution in [0.5, 0.6) is 0 Å². The van der Waals surface area contributed by atoms with Crippen molar-refractivity contribution in [2.24, 2.45) is 0 Å². The van der Waals surface area contributed by atoms with Gasteiger partial charge in [-0.1, -0.05) is 30.3 Å². The van der Waals surface area contributed by atoms with Crippen LogP contribution in [0.4, 0.5) is 5.69 Å². The van der Waals surface area contributed by atoms with E-state index in [1.807, 2.05) is 30.3 Å². The van der Waals surface area contributed by atoms with Crippen LogP contribution >= 0.6 is 0 Å². The average Bonchev–Trinajstić information content (AvgIpc) is 3.00. The van der Waals surface area contributed by atoms with Gasteiger partial charge in [0.15, 0.2) is 0 Å². The molecule has 0 saturated carbocycles. The van der Waals surface area contributed by atoms with Crippen molar-refractivity contribution in [1.29, 1.82) is 0 Å². The minimum Gasteiger partial charge on any atom is -0.311 e. The highest BCUT2D eigenvalue weighted by atomic mass is 32.2. The fraction of sp³-hybridized carbons (Fsp3) is 0.263. The molecule has 3 aromatic rings. The lowest BCUT2D eigenvalue weighted by atomic mass is 10.0. The molecule has 2 heterocycles. The van der Waals surface area contributed by atoms with Gasteiger partial charge in [0, 0.05) is 18.5 Å². The smallest absolute Gasteiger partial charge is 0.247 e. The Labute approximate surface area is 152 Å². The molecule has 1 aliphatic rings. The van der Waals surface area contributed by atoms with E-state index in [0.29, 0.717) is 17.6 Å². The molecule has 0 radical (unpaired) electrons. The van der Waals surface area contributed by atoms with Gasteiger partial charge in [-0.15, -0.1) is 0 Å². The van der Waals surface area contributed by atoms with Gasteiger partial charge in [0.05, 0.1) is 11.0 Å². The predicted octanol–water partition coefficient (Wildman–Crippen LogP) is 2.42. The zero-order valence-corrected chi connectivity index (χ0v) is 15.2. The number of hydrogen-bond acceptors (Lipinski definition) is 4. The maximum Gasteiger partial charge on any atom is 0.247 e. The lowest BCUT2D eigenvalue weighted by molar-refractivity contribution is -0.119. The number of rotatable bonds is 3. The Morgan fingerprint density at radius 2 is 1.85 bits per heavy atom. The van der Waals surface area contributed by atoms with Crippen LogP contribution in [-0.2, 0) is 27.6 Å². The molecule has 0 N–H and O–H groups in total. The number of carbonyl (C=O) groups is 1. The van der Waals surface area contributed by atoms with Crippen molar-refractivity contribution in [3.63, 3.8) is 0 Å². The number of fused-ring (bicyclic) bond motifs is 2. The molecule has 26 heavy (non-hydrogen) atoms. The zero-order valence-electron chi connectivity index (χ0n) is 14.4. The Morgan fingerprint density at radius 3 is 2.65 bits per heavy atom. The fourth-order valence-corrected chi connectivity index (χ4v) is 4.33. The fourth-order valence-electron chi connectivity index (χ4n) is 3.50. The number of hydrogen-bond donors (Lipinski definition) is 0. The number of sulfone groups is 1. The van der Waals surface area contributed by atoms with E-state index in [1.54, 1.807) is 23.1 Å². The molecule has 134 valence electrons. The lowest BCUT2D eigenvalue weighted by Crippen LogP contribution is -2.38. The summed E-state index contributed by atoms with van der Waals surface area (Å²) in [6.07, 6.45) is 2.96. The summed E-state index contributed by atoms with van der Waals surface area (Å²) in [6.45, 7) is 0.577. The largest absolute Gasteiger partial charge is 0.311 e. The topological polar surface area (TPSA) is 72.3 Å². The van der Waals surface area contributed by atoms with Crippen LogP contribution < -0.4 is 4.90 Å². The molecule has 0 aliphatic carbocycles. The van der Waals surface area contributed by atoms with Crippen molar-refractivity contribution in [1.82, 2.24) is 9.55 Å². The Hall–Kier alpha value is -2.67. The highest BCUT2D eigenvalue weighted by Gasteiger charge is 2.26. The van der Waals surface area contributed by atoms with Gasteiger partial charge in [-0.3, -0.25) is 4.79 Å². The van der Waals surface area contributed by atoms with Crippen LogP contribution in [-0.4, -0.2) is 36.7 Å². The number of aryl methyl sites for hydroxylation is 1. The number of nitrogens with zero attached hydrogens (tertiary/aromatic N) is 3. The summed E-state index contributed by atoms with van der Waals surface area (Å²) < 4.78 is 25.8. The van der Waals surface area contributed by atoms with Gasteiger partial charge >= 0.3 is 0 Å². The number of para-hydroxylation sites is 3. The second-order valence-corrected chi connectivity index (χ2v) is 8.43. The monoisotopic (exact) mass is 369 g/mol. The van der Waals surface area contributed by atoms with Crippen LogP contribution in [0.15, 0.2) is 53.7 Å². The van der Waals surface area contributed by atoms with Crippen molar-refractivity contribution in [2.75, 3.05) is 17.7 Å². The Kier molecular flexibility index (Phi) is 4.03. The maximum absolute atomic E-state index is 13.0. The van der Waals surface area contributed by atoms with Crippen LogP contribution in [0, 0.1) is 0 Å². The second-order valence-electron chi connectivity index (χ2n) is 6.52. The molecule has 4 rings (SSSR count). The molecule has 0 spiro atoms. The van der Waals surface area contributed by atoms with Gasteiger partial charge < -0.3 is 9.47 Å². The molecule has 0 unspecified atom stereocenters. The summed E-state index contributed by atoms with van der Waals surface area (Å²) in [5, 5.41) is -0.0719. The lowest BCUT2D eigenvalue weighted by Gasteiger charge is -2.29. The number of benzene rings is 2. The number of imidazole rings is 1. The first-order chi connectivity index (χ1) is 12.4. The van der Waals surface area contributed by atoms with Crippen LogP contribution in [0.3, 0.4) is 0 Å². The van der Waals surface area contributed by atoms with Crippen molar-refractivity contribution in [3.8, 4) is 0 Å². The molecule has 1 aromatic heterocycles. The van der Waals surface area contributed by atoms with E-state index in [9.17, 15) is 13.2 Å². The predicted molar refractivity (Wildman–Crippen MR) is 100.0 cm³/mol. The third-order valence-corrected chi connectivity index (χ3v) is 5.63. The zero-order chi connectivity index (χ0) is 18.3. The SMILES string of the molecule is CS(=O)(=O)c1nc2ccccc2n1CC(=O)N1CCCc2ccccc21. The van der Waals surface area contributed by atoms with E-state index in [4.69, 9.17) is 0 Å². The average molecular weight is 369 g/mol. The summed E-state index contributed by atoms with van der Waals surface area (Å²) in [6, 6.07) is 15.0. The normalized spacial score (nSPS) is 14.4. The van der Waals surface area contributed by atoms with Crippen molar-refractivity contribution >= 4 is 32.5 Å². The van der Waals surface area contributed by atoms with Gasteiger partial charge in [0.25, 0.3) is 0 Å². The Bertz CT molecular complexity index is 1100. The first-order valence-corrected chi connectivity index (χ1v) is 10.4. The van der Waals surface area contributed by atoms with Gasteiger partial charge in [-0.25, -0.2) is 13.4 Å². The van der Waals surface area contributed by atoms with Crippen molar-refractivity contribution < 1.29 is 13.2 Å². The number of carbonyl (C=O) groups excluding carboxylic acids is 1. The summed E-state index contributed by atoms with van der Waals surface area (Å²) in [5.74, 6) is -0.134. The standard InChI is InChI=1S/C19H19N3O3S/c1-26(24,25)19-20-15-9-3-5-11-17(15)22(19)13-18(23)21-12-6-8-14-7-2-4-10-16(14)21/h2-5,7,9-11H,6,8,12-13H2,1H3. The van der Waals surface area contributed by atoms with E-state index < -0.39 is 9.84 Å². The second kappa shape index (κ2) is 6.25. The molecule has 7 heteroatoms. The Balaban J connectivity index is 1.76. The minimum atomic E-state index is -3.55. The van der Waals surface area contributed by atoms with Crippen molar-refractivity contribution in [2.45, 2.75) is 24.5 Å². The number of amides is 1. The third kappa shape index (κ3) is 2.88. The van der Waals surface area contributed by atoms with Crippen LogP contribution in [0.2, 0.25) is 0 Å². The van der Waals surface area contributed by atoms with Gasteiger partial charge in [-0.05, 0) is 36.6 Å². The maximum atomic E-state index is 13.0. The minimum absolute atomic E-state index is 0.0583. The molecule has 6 nitrogen and oxygen atoms in total. The first-order valence-electron chi connectivity index (χ1n) is 8.49. The molecule has 0 fully saturated rings. The summed E-state index contributed by atoms with van der Waals surface area (Å²) in [5.41, 5.74) is 3.27. The highest BCUT2D eigenvalue weighted by Crippen LogP contribution is 2.28. The molecule has 2 aromatic carbocycles. The van der Waals surface area contributed by atoms with Gasteiger partial charge in [-0.2, -0.15) is 0 Å². The van der Waals surface area contributed by atoms with Gasteiger partial charge in [0.2, 0.25) is 20.9 Å². The van der Waals surface area contributed by atoms with E-state index in [-0.39, 0.29) is 17.6 Å². The van der Waals surface area contributed by atoms with Gasteiger partial charge in [0.1, 0.15) is 6.54 Å². The van der Waals surface area contributed by atoms with E-state index >= 15 is 0 Å². The third-order valence-electron chi connectivity index (χ3n) is 4.66. The van der Waals surface area contributed by atoms with Crippen LogP contribution in [0.1, 0.15) is 12.0 Å². The quantitative estimate of drug-likeness (QED) is 0.711. The summed E-state index contributed by atoms with van der Waals surface area (Å²) >= 11 is 0. The van der Waals surface area contributed by atoms with Crippen molar-refractivity contribution in [3.05, 3.63) is 54.1 Å². The first kappa shape index (κ1) is 16.8. The molecule has 1 aliphatic heterocycles. The molecule has 0 saturated heterocycles. The molecule has 1 amide bonds. The van der Waals surface area contributed by atoms with E-state index in [0.717, 1.165) is 30.3 Å². The molecular weight excluding hydrogens is 350 g/mol. The summed E-state index contributed by atoms with van der Waals surface area (Å²) in [4.78, 5) is 19.0. The molecular formula is C19H19N3O3S. The Morgan fingerprint density at radius 1 is 1.12 bits per heavy atom. The molecule has 0 atom stereocenters. The number of anilines is 1.